The highest BCUT2D eigenvalue weighted by molar-refractivity contribution is 9.10. The number of halogens is 2. The standard InChI is InChI=1S/C9H5BrClNS/c10-8-5-13-4-7(8)9-2-1-6(11)3-12-9/h1-5H. The Morgan fingerprint density at radius 2 is 2.15 bits per heavy atom. The lowest BCUT2D eigenvalue weighted by Crippen LogP contribution is -1.79. The molecule has 13 heavy (non-hydrogen) atoms. The third kappa shape index (κ3) is 1.93. The Morgan fingerprint density at radius 1 is 1.31 bits per heavy atom. The Balaban J connectivity index is 2.47. The van der Waals surface area contributed by atoms with Gasteiger partial charge in [-0.15, -0.1) is 0 Å². The normalized spacial score (nSPS) is 10.3. The number of thiophene rings is 1. The van der Waals surface area contributed by atoms with E-state index in [1.165, 1.54) is 0 Å². The fourth-order valence-corrected chi connectivity index (χ4v) is 2.60. The van der Waals surface area contributed by atoms with Gasteiger partial charge in [-0.2, -0.15) is 11.3 Å². The third-order valence-electron chi connectivity index (χ3n) is 1.62. The molecule has 0 saturated carbocycles. The molecule has 0 aliphatic heterocycles. The van der Waals surface area contributed by atoms with E-state index in [4.69, 9.17) is 11.6 Å². The fourth-order valence-electron chi connectivity index (χ4n) is 0.999. The van der Waals surface area contributed by atoms with E-state index in [2.05, 4.69) is 26.3 Å². The van der Waals surface area contributed by atoms with Crippen molar-refractivity contribution < 1.29 is 0 Å². The topological polar surface area (TPSA) is 12.9 Å². The monoisotopic (exact) mass is 273 g/mol. The molecule has 0 N–H and O–H groups in total. The second-order valence-corrected chi connectivity index (χ2v) is 4.53. The van der Waals surface area contributed by atoms with Gasteiger partial charge in [0.15, 0.2) is 0 Å². The van der Waals surface area contributed by atoms with Crippen LogP contribution in [0.25, 0.3) is 11.3 Å². The van der Waals surface area contributed by atoms with E-state index in [9.17, 15) is 0 Å². The predicted octanol–water partition coefficient (Wildman–Crippen LogP) is 4.23. The van der Waals surface area contributed by atoms with Crippen molar-refractivity contribution in [3.05, 3.63) is 38.6 Å². The summed E-state index contributed by atoms with van der Waals surface area (Å²) in [7, 11) is 0. The average molecular weight is 275 g/mol. The van der Waals surface area contributed by atoms with Crippen LogP contribution in [0, 0.1) is 0 Å². The molecule has 0 unspecified atom stereocenters. The van der Waals surface area contributed by atoms with Gasteiger partial charge in [0.05, 0.1) is 10.7 Å². The molecule has 4 heteroatoms. The molecule has 0 radical (unpaired) electrons. The largest absolute Gasteiger partial charge is 0.255 e. The summed E-state index contributed by atoms with van der Waals surface area (Å²) in [6.45, 7) is 0. The van der Waals surface area contributed by atoms with Gasteiger partial charge in [0.1, 0.15) is 0 Å². The summed E-state index contributed by atoms with van der Waals surface area (Å²) in [5, 5.41) is 4.75. The van der Waals surface area contributed by atoms with Crippen LogP contribution in [0.4, 0.5) is 0 Å². The van der Waals surface area contributed by atoms with E-state index in [0.717, 1.165) is 15.7 Å². The van der Waals surface area contributed by atoms with E-state index < -0.39 is 0 Å². The van der Waals surface area contributed by atoms with Crippen molar-refractivity contribution in [2.75, 3.05) is 0 Å². The van der Waals surface area contributed by atoms with Crippen LogP contribution in [0.2, 0.25) is 5.02 Å². The van der Waals surface area contributed by atoms with Crippen LogP contribution in [-0.2, 0) is 0 Å². The van der Waals surface area contributed by atoms with Gasteiger partial charge in [-0.25, -0.2) is 0 Å². The maximum atomic E-state index is 5.74. The zero-order valence-electron chi connectivity index (χ0n) is 6.50. The molecule has 2 heterocycles. The maximum Gasteiger partial charge on any atom is 0.0722 e. The molecule has 0 spiro atoms. The average Bonchev–Trinajstić information content (AvgIpc) is 2.53. The summed E-state index contributed by atoms with van der Waals surface area (Å²) in [6, 6.07) is 3.75. The van der Waals surface area contributed by atoms with Crippen molar-refractivity contribution in [2.24, 2.45) is 0 Å². The summed E-state index contributed by atoms with van der Waals surface area (Å²) >= 11 is 10.8. The lowest BCUT2D eigenvalue weighted by atomic mass is 10.2. The van der Waals surface area contributed by atoms with Crippen molar-refractivity contribution in [2.45, 2.75) is 0 Å². The van der Waals surface area contributed by atoms with Crippen LogP contribution >= 0.6 is 38.9 Å². The van der Waals surface area contributed by atoms with Gasteiger partial charge in [-0.3, -0.25) is 4.98 Å². The quantitative estimate of drug-likeness (QED) is 0.758. The number of rotatable bonds is 1. The van der Waals surface area contributed by atoms with E-state index in [0.29, 0.717) is 5.02 Å². The van der Waals surface area contributed by atoms with Gasteiger partial charge in [-0.1, -0.05) is 11.6 Å². The molecule has 0 atom stereocenters. The molecule has 0 aromatic carbocycles. The zero-order chi connectivity index (χ0) is 9.26. The molecule has 0 aliphatic carbocycles. The van der Waals surface area contributed by atoms with Crippen molar-refractivity contribution >= 4 is 38.9 Å². The minimum absolute atomic E-state index is 0.662. The Kier molecular flexibility index (Phi) is 2.67. The summed E-state index contributed by atoms with van der Waals surface area (Å²) in [6.07, 6.45) is 1.65. The number of hydrogen-bond acceptors (Lipinski definition) is 2. The van der Waals surface area contributed by atoms with E-state index in [-0.39, 0.29) is 0 Å². The zero-order valence-corrected chi connectivity index (χ0v) is 9.66. The molecular weight excluding hydrogens is 270 g/mol. The summed E-state index contributed by atoms with van der Waals surface area (Å²) < 4.78 is 1.08. The van der Waals surface area contributed by atoms with Gasteiger partial charge in [0.2, 0.25) is 0 Å². The van der Waals surface area contributed by atoms with Crippen molar-refractivity contribution in [3.63, 3.8) is 0 Å². The maximum absolute atomic E-state index is 5.74. The van der Waals surface area contributed by atoms with Crippen molar-refractivity contribution in [1.82, 2.24) is 4.98 Å². The molecule has 2 aromatic rings. The Hall–Kier alpha value is -0.380. The van der Waals surface area contributed by atoms with Crippen LogP contribution in [0.5, 0.6) is 0 Å². The molecule has 1 nitrogen and oxygen atoms in total. The number of pyridine rings is 1. The van der Waals surface area contributed by atoms with Crippen LogP contribution in [0.15, 0.2) is 33.6 Å². The van der Waals surface area contributed by atoms with E-state index in [1.807, 2.05) is 17.5 Å². The molecule has 0 aliphatic rings. The lowest BCUT2D eigenvalue weighted by molar-refractivity contribution is 1.33. The number of hydrogen-bond donors (Lipinski definition) is 0. The van der Waals surface area contributed by atoms with Gasteiger partial charge < -0.3 is 0 Å². The Morgan fingerprint density at radius 3 is 2.69 bits per heavy atom. The van der Waals surface area contributed by atoms with Gasteiger partial charge in [0, 0.05) is 27.0 Å². The molecule has 0 bridgehead atoms. The first-order valence-corrected chi connectivity index (χ1v) is 5.72. The lowest BCUT2D eigenvalue weighted by Gasteiger charge is -1.97. The smallest absolute Gasteiger partial charge is 0.0722 e. The summed E-state index contributed by atoms with van der Waals surface area (Å²) in [4.78, 5) is 4.23. The van der Waals surface area contributed by atoms with Crippen LogP contribution in [-0.4, -0.2) is 4.98 Å². The highest BCUT2D eigenvalue weighted by Crippen LogP contribution is 2.30. The third-order valence-corrected chi connectivity index (χ3v) is 3.54. The van der Waals surface area contributed by atoms with Gasteiger partial charge >= 0.3 is 0 Å². The van der Waals surface area contributed by atoms with E-state index >= 15 is 0 Å². The predicted molar refractivity (Wildman–Crippen MR) is 60.3 cm³/mol. The number of aromatic nitrogens is 1. The highest BCUT2D eigenvalue weighted by atomic mass is 79.9. The van der Waals surface area contributed by atoms with Gasteiger partial charge in [-0.05, 0) is 28.1 Å². The highest BCUT2D eigenvalue weighted by Gasteiger charge is 2.04. The van der Waals surface area contributed by atoms with Crippen LogP contribution in [0.1, 0.15) is 0 Å². The molecule has 0 saturated heterocycles. The molecule has 66 valence electrons. The van der Waals surface area contributed by atoms with Crippen LogP contribution < -0.4 is 0 Å². The SMILES string of the molecule is Clc1ccc(-c2cscc2Br)nc1. The Labute approximate surface area is 93.5 Å². The molecule has 2 rings (SSSR count). The molecule has 0 amide bonds. The second-order valence-electron chi connectivity index (χ2n) is 2.50. The summed E-state index contributed by atoms with van der Waals surface area (Å²) in [5.41, 5.74) is 2.05. The minimum Gasteiger partial charge on any atom is -0.255 e. The first-order valence-electron chi connectivity index (χ1n) is 3.61. The molecular formula is C9H5BrClNS. The van der Waals surface area contributed by atoms with Crippen molar-refractivity contribution in [3.8, 4) is 11.3 Å². The minimum atomic E-state index is 0.662. The number of nitrogens with zero attached hydrogens (tertiary/aromatic N) is 1. The van der Waals surface area contributed by atoms with Crippen molar-refractivity contribution in [1.29, 1.82) is 0 Å². The van der Waals surface area contributed by atoms with Gasteiger partial charge in [0.25, 0.3) is 0 Å². The molecule has 2 aromatic heterocycles. The second kappa shape index (κ2) is 3.78. The Bertz CT molecular complexity index is 410. The van der Waals surface area contributed by atoms with Crippen LogP contribution in [0.3, 0.4) is 0 Å². The first-order chi connectivity index (χ1) is 6.27. The van der Waals surface area contributed by atoms with E-state index in [1.54, 1.807) is 17.5 Å². The molecule has 0 fully saturated rings. The first kappa shape index (κ1) is 9.19. The summed E-state index contributed by atoms with van der Waals surface area (Å²) in [5.74, 6) is 0. The fraction of sp³-hybridized carbons (Fsp3) is 0.